The van der Waals surface area contributed by atoms with Crippen LogP contribution in [0.3, 0.4) is 0 Å². The maximum atomic E-state index is 5.51. The molecular formula is C6H15N3S. The van der Waals surface area contributed by atoms with Crippen molar-refractivity contribution in [2.75, 3.05) is 0 Å². The van der Waals surface area contributed by atoms with Gasteiger partial charge in [-0.2, -0.15) is 0 Å². The maximum Gasteiger partial charge on any atom is 0.180 e. The molecule has 60 valence electrons. The van der Waals surface area contributed by atoms with Gasteiger partial charge in [-0.25, -0.2) is 5.84 Å². The van der Waals surface area contributed by atoms with Crippen LogP contribution in [0.2, 0.25) is 0 Å². The van der Waals surface area contributed by atoms with E-state index >= 15 is 0 Å². The Morgan fingerprint density at radius 2 is 2.20 bits per heavy atom. The highest BCUT2D eigenvalue weighted by atomic mass is 32.1. The maximum absolute atomic E-state index is 5.51. The van der Waals surface area contributed by atoms with Crippen molar-refractivity contribution in [2.24, 2.45) is 11.6 Å². The number of rotatable bonds is 3. The van der Waals surface area contributed by atoms with Crippen LogP contribution in [0.4, 0.5) is 0 Å². The van der Waals surface area contributed by atoms with E-state index in [0.29, 0.717) is 0 Å². The average Bonchev–Trinajstić information content (AvgIpc) is 1.87. The molecule has 0 saturated carbocycles. The smallest absolute Gasteiger partial charge is 0.180 e. The average molecular weight is 161 g/mol. The second-order valence-electron chi connectivity index (χ2n) is 2.38. The minimum atomic E-state index is 0.252. The van der Waals surface area contributed by atoms with E-state index in [0.717, 1.165) is 12.8 Å². The predicted molar refractivity (Wildman–Crippen MR) is 47.2 cm³/mol. The highest BCUT2D eigenvalue weighted by Crippen LogP contribution is 2.00. The van der Waals surface area contributed by atoms with Gasteiger partial charge in [0.2, 0.25) is 0 Å². The summed E-state index contributed by atoms with van der Waals surface area (Å²) in [5.74, 6) is 5.51. The minimum Gasteiger partial charge on any atom is -0.375 e. The van der Waals surface area contributed by atoms with E-state index in [1.165, 1.54) is 5.01 Å². The van der Waals surface area contributed by atoms with E-state index in [-0.39, 0.29) is 11.2 Å². The van der Waals surface area contributed by atoms with Crippen LogP contribution in [0.15, 0.2) is 0 Å². The summed E-state index contributed by atoms with van der Waals surface area (Å²) in [7, 11) is 0. The monoisotopic (exact) mass is 161 g/mol. The molecule has 0 bridgehead atoms. The van der Waals surface area contributed by atoms with E-state index in [2.05, 4.69) is 19.1 Å². The summed E-state index contributed by atoms with van der Waals surface area (Å²) >= 11 is 4.69. The molecule has 4 N–H and O–H groups in total. The third kappa shape index (κ3) is 2.98. The van der Waals surface area contributed by atoms with Crippen LogP contribution < -0.4 is 11.6 Å². The Labute approximate surface area is 67.3 Å². The summed E-state index contributed by atoms with van der Waals surface area (Å²) in [5.41, 5.74) is 5.30. The van der Waals surface area contributed by atoms with Crippen molar-refractivity contribution < 1.29 is 0 Å². The number of nitrogens with zero attached hydrogens (tertiary/aromatic N) is 1. The SMILES string of the molecule is CCCC(C)N(N)C(N)=S. The Bertz CT molecular complexity index is 116. The third-order valence-corrected chi connectivity index (χ3v) is 1.65. The summed E-state index contributed by atoms with van der Waals surface area (Å²) < 4.78 is 0. The van der Waals surface area contributed by atoms with Crippen LogP contribution in [-0.4, -0.2) is 16.2 Å². The standard InChI is InChI=1S/C6H15N3S/c1-3-4-5(2)9(8)6(7)10/h5H,3-4,8H2,1-2H3,(H2,7,10). The van der Waals surface area contributed by atoms with Crippen LogP contribution in [0.1, 0.15) is 26.7 Å². The number of nitrogens with two attached hydrogens (primary N) is 2. The first-order valence-corrected chi connectivity index (χ1v) is 3.83. The molecule has 10 heavy (non-hydrogen) atoms. The molecule has 1 unspecified atom stereocenters. The zero-order valence-electron chi connectivity index (χ0n) is 6.50. The molecule has 3 nitrogen and oxygen atoms in total. The molecule has 0 aromatic heterocycles. The van der Waals surface area contributed by atoms with Crippen molar-refractivity contribution in [3.8, 4) is 0 Å². The van der Waals surface area contributed by atoms with E-state index in [4.69, 9.17) is 11.6 Å². The lowest BCUT2D eigenvalue weighted by atomic mass is 10.2. The zero-order chi connectivity index (χ0) is 8.15. The summed E-state index contributed by atoms with van der Waals surface area (Å²) in [6.07, 6.45) is 2.12. The van der Waals surface area contributed by atoms with Crippen LogP contribution >= 0.6 is 12.2 Å². The van der Waals surface area contributed by atoms with Gasteiger partial charge in [-0.1, -0.05) is 13.3 Å². The Hall–Kier alpha value is -0.350. The van der Waals surface area contributed by atoms with Crippen LogP contribution in [0.5, 0.6) is 0 Å². The minimum absolute atomic E-state index is 0.252. The Morgan fingerprint density at radius 1 is 1.70 bits per heavy atom. The van der Waals surface area contributed by atoms with Crippen LogP contribution in [-0.2, 0) is 0 Å². The van der Waals surface area contributed by atoms with Crippen molar-refractivity contribution in [3.63, 3.8) is 0 Å². The summed E-state index contributed by atoms with van der Waals surface area (Å²) in [6, 6.07) is 0.252. The first-order chi connectivity index (χ1) is 4.59. The van der Waals surface area contributed by atoms with Crippen molar-refractivity contribution in [1.29, 1.82) is 0 Å². The summed E-state index contributed by atoms with van der Waals surface area (Å²) in [4.78, 5) is 0. The lowest BCUT2D eigenvalue weighted by molar-refractivity contribution is 0.324. The molecule has 0 spiro atoms. The number of hydrazine groups is 1. The molecule has 0 heterocycles. The summed E-state index contributed by atoms with van der Waals surface area (Å²) in [5, 5.41) is 1.69. The normalized spacial score (nSPS) is 12.7. The van der Waals surface area contributed by atoms with Gasteiger partial charge in [0.1, 0.15) is 0 Å². The van der Waals surface area contributed by atoms with E-state index < -0.39 is 0 Å². The number of thiocarbonyl (C=S) groups is 1. The number of hydrogen-bond acceptors (Lipinski definition) is 2. The highest BCUT2D eigenvalue weighted by Gasteiger charge is 2.08. The van der Waals surface area contributed by atoms with Crippen molar-refractivity contribution >= 4 is 17.3 Å². The molecule has 0 aromatic rings. The topological polar surface area (TPSA) is 55.3 Å². The summed E-state index contributed by atoms with van der Waals surface area (Å²) in [6.45, 7) is 4.10. The molecule has 0 aromatic carbocycles. The van der Waals surface area contributed by atoms with Crippen molar-refractivity contribution in [2.45, 2.75) is 32.7 Å². The van der Waals surface area contributed by atoms with Gasteiger partial charge >= 0.3 is 0 Å². The molecular weight excluding hydrogens is 146 g/mol. The van der Waals surface area contributed by atoms with Crippen LogP contribution in [0.25, 0.3) is 0 Å². The van der Waals surface area contributed by atoms with Gasteiger partial charge in [-0.15, -0.1) is 0 Å². The quantitative estimate of drug-likeness (QED) is 0.361. The fourth-order valence-corrected chi connectivity index (χ4v) is 0.954. The molecule has 4 heteroatoms. The lowest BCUT2D eigenvalue weighted by Crippen LogP contribution is -2.46. The first-order valence-electron chi connectivity index (χ1n) is 3.43. The molecule has 0 aliphatic heterocycles. The molecule has 0 amide bonds. The van der Waals surface area contributed by atoms with Gasteiger partial charge in [0, 0.05) is 6.04 Å². The Kier molecular flexibility index (Phi) is 4.31. The second kappa shape index (κ2) is 4.46. The fraction of sp³-hybridized carbons (Fsp3) is 0.833. The Balaban J connectivity index is 3.69. The molecule has 0 aliphatic carbocycles. The molecule has 0 rings (SSSR count). The molecule has 0 aliphatic rings. The second-order valence-corrected chi connectivity index (χ2v) is 2.80. The third-order valence-electron chi connectivity index (χ3n) is 1.44. The number of hydrogen-bond donors (Lipinski definition) is 2. The van der Waals surface area contributed by atoms with Gasteiger partial charge in [-0.3, -0.25) is 5.01 Å². The highest BCUT2D eigenvalue weighted by molar-refractivity contribution is 7.80. The van der Waals surface area contributed by atoms with E-state index in [9.17, 15) is 0 Å². The molecule has 1 atom stereocenters. The lowest BCUT2D eigenvalue weighted by Gasteiger charge is -2.23. The first kappa shape index (κ1) is 9.65. The van der Waals surface area contributed by atoms with Gasteiger partial charge in [0.15, 0.2) is 5.11 Å². The van der Waals surface area contributed by atoms with Crippen LogP contribution in [0, 0.1) is 0 Å². The Morgan fingerprint density at radius 3 is 2.50 bits per heavy atom. The van der Waals surface area contributed by atoms with Gasteiger partial charge in [0.05, 0.1) is 0 Å². The van der Waals surface area contributed by atoms with Gasteiger partial charge in [-0.05, 0) is 25.6 Å². The zero-order valence-corrected chi connectivity index (χ0v) is 7.32. The largest absolute Gasteiger partial charge is 0.375 e. The molecule has 0 fully saturated rings. The molecule has 0 radical (unpaired) electrons. The van der Waals surface area contributed by atoms with E-state index in [1.807, 2.05) is 6.92 Å². The van der Waals surface area contributed by atoms with Crippen molar-refractivity contribution in [1.82, 2.24) is 5.01 Å². The van der Waals surface area contributed by atoms with Gasteiger partial charge in [0.25, 0.3) is 0 Å². The fourth-order valence-electron chi connectivity index (χ4n) is 0.774. The van der Waals surface area contributed by atoms with Gasteiger partial charge < -0.3 is 5.73 Å². The molecule has 0 saturated heterocycles. The predicted octanol–water partition coefficient (Wildman–Crippen LogP) is 0.594. The van der Waals surface area contributed by atoms with Crippen molar-refractivity contribution in [3.05, 3.63) is 0 Å². The van der Waals surface area contributed by atoms with E-state index in [1.54, 1.807) is 0 Å².